The van der Waals surface area contributed by atoms with Crippen LogP contribution in [-0.4, -0.2) is 30.8 Å². The van der Waals surface area contributed by atoms with Crippen LogP contribution in [-0.2, 0) is 11.2 Å². The number of hydrogen-bond donors (Lipinski definition) is 1. The minimum Gasteiger partial charge on any atom is -0.381 e. The summed E-state index contributed by atoms with van der Waals surface area (Å²) < 4.78 is 5.50. The van der Waals surface area contributed by atoms with Gasteiger partial charge in [-0.3, -0.25) is 4.98 Å². The lowest BCUT2D eigenvalue weighted by molar-refractivity contribution is 0.181. The number of para-hydroxylation sites is 1. The Morgan fingerprint density at radius 3 is 3.00 bits per heavy atom. The topological polar surface area (TPSA) is 34.2 Å². The Balaban J connectivity index is 1.70. The molecule has 1 aliphatic rings. The van der Waals surface area contributed by atoms with Gasteiger partial charge in [0.05, 0.1) is 5.52 Å². The van der Waals surface area contributed by atoms with Gasteiger partial charge in [-0.2, -0.15) is 0 Å². The number of benzene rings is 1. The van der Waals surface area contributed by atoms with Crippen LogP contribution < -0.4 is 5.32 Å². The van der Waals surface area contributed by atoms with Crippen LogP contribution in [0.5, 0.6) is 0 Å². The molecule has 2 unspecified atom stereocenters. The van der Waals surface area contributed by atoms with Gasteiger partial charge in [-0.05, 0) is 37.4 Å². The summed E-state index contributed by atoms with van der Waals surface area (Å²) in [6.07, 6.45) is 3.38. The van der Waals surface area contributed by atoms with Gasteiger partial charge in [0.1, 0.15) is 0 Å². The zero-order chi connectivity index (χ0) is 14.5. The molecule has 3 heteroatoms. The molecule has 112 valence electrons. The normalized spacial score (nSPS) is 20.0. The molecule has 1 saturated heterocycles. The van der Waals surface area contributed by atoms with Gasteiger partial charge in [-0.25, -0.2) is 0 Å². The smallest absolute Gasteiger partial charge is 0.0705 e. The summed E-state index contributed by atoms with van der Waals surface area (Å²) in [4.78, 5) is 4.80. The van der Waals surface area contributed by atoms with E-state index in [0.29, 0.717) is 12.0 Å². The number of fused-ring (bicyclic) bond motifs is 1. The fourth-order valence-electron chi connectivity index (χ4n) is 3.17. The molecule has 2 aromatic rings. The second kappa shape index (κ2) is 7.01. The summed E-state index contributed by atoms with van der Waals surface area (Å²) in [7, 11) is 0. The SMILES string of the molecule is CCNC(Cc1ccc2ccccc2n1)CC1CCOC1. The molecule has 0 aliphatic carbocycles. The molecule has 1 aliphatic heterocycles. The highest BCUT2D eigenvalue weighted by Gasteiger charge is 2.20. The second-order valence-corrected chi connectivity index (χ2v) is 5.92. The molecule has 0 amide bonds. The van der Waals surface area contributed by atoms with Gasteiger partial charge in [-0.1, -0.05) is 31.2 Å². The van der Waals surface area contributed by atoms with Crippen LogP contribution in [0, 0.1) is 5.92 Å². The molecule has 1 aromatic carbocycles. The minimum absolute atomic E-state index is 0.496. The van der Waals surface area contributed by atoms with Crippen molar-refractivity contribution in [2.24, 2.45) is 5.92 Å². The molecule has 0 spiro atoms. The van der Waals surface area contributed by atoms with Crippen LogP contribution in [0.2, 0.25) is 0 Å². The zero-order valence-electron chi connectivity index (χ0n) is 12.7. The third kappa shape index (κ3) is 3.80. The zero-order valence-corrected chi connectivity index (χ0v) is 12.7. The van der Waals surface area contributed by atoms with Crippen LogP contribution in [0.1, 0.15) is 25.5 Å². The van der Waals surface area contributed by atoms with Crippen LogP contribution in [0.4, 0.5) is 0 Å². The largest absolute Gasteiger partial charge is 0.381 e. The van der Waals surface area contributed by atoms with E-state index in [1.807, 2.05) is 0 Å². The number of ether oxygens (including phenoxy) is 1. The maximum Gasteiger partial charge on any atom is 0.0705 e. The Labute approximate surface area is 126 Å². The number of pyridine rings is 1. The molecule has 21 heavy (non-hydrogen) atoms. The van der Waals surface area contributed by atoms with E-state index >= 15 is 0 Å². The highest BCUT2D eigenvalue weighted by atomic mass is 16.5. The molecular weight excluding hydrogens is 260 g/mol. The first kappa shape index (κ1) is 14.5. The van der Waals surface area contributed by atoms with Gasteiger partial charge in [0, 0.05) is 36.8 Å². The minimum atomic E-state index is 0.496. The van der Waals surface area contributed by atoms with Gasteiger partial charge >= 0.3 is 0 Å². The maximum absolute atomic E-state index is 5.50. The lowest BCUT2D eigenvalue weighted by Crippen LogP contribution is -2.33. The van der Waals surface area contributed by atoms with Crippen molar-refractivity contribution in [3.05, 3.63) is 42.1 Å². The van der Waals surface area contributed by atoms with Crippen molar-refractivity contribution < 1.29 is 4.74 Å². The quantitative estimate of drug-likeness (QED) is 0.884. The van der Waals surface area contributed by atoms with Crippen LogP contribution >= 0.6 is 0 Å². The van der Waals surface area contributed by atoms with Crippen molar-refractivity contribution in [3.8, 4) is 0 Å². The average Bonchev–Trinajstić information content (AvgIpc) is 3.00. The van der Waals surface area contributed by atoms with E-state index in [9.17, 15) is 0 Å². The Bertz CT molecular complexity index is 578. The highest BCUT2D eigenvalue weighted by Crippen LogP contribution is 2.20. The Morgan fingerprint density at radius 2 is 2.19 bits per heavy atom. The van der Waals surface area contributed by atoms with Gasteiger partial charge in [0.25, 0.3) is 0 Å². The van der Waals surface area contributed by atoms with Crippen LogP contribution in [0.3, 0.4) is 0 Å². The molecule has 1 aromatic heterocycles. The van der Waals surface area contributed by atoms with E-state index in [0.717, 1.165) is 31.7 Å². The molecule has 0 bridgehead atoms. The van der Waals surface area contributed by atoms with Gasteiger partial charge in [0.2, 0.25) is 0 Å². The summed E-state index contributed by atoms with van der Waals surface area (Å²) in [6.45, 7) is 5.03. The summed E-state index contributed by atoms with van der Waals surface area (Å²) in [5.74, 6) is 0.703. The number of nitrogens with zero attached hydrogens (tertiary/aromatic N) is 1. The second-order valence-electron chi connectivity index (χ2n) is 5.92. The predicted molar refractivity (Wildman–Crippen MR) is 86.5 cm³/mol. The molecule has 0 saturated carbocycles. The van der Waals surface area contributed by atoms with E-state index < -0.39 is 0 Å². The fraction of sp³-hybridized carbons (Fsp3) is 0.500. The monoisotopic (exact) mass is 284 g/mol. The third-order valence-electron chi connectivity index (χ3n) is 4.25. The van der Waals surface area contributed by atoms with E-state index in [4.69, 9.17) is 9.72 Å². The van der Waals surface area contributed by atoms with Gasteiger partial charge < -0.3 is 10.1 Å². The van der Waals surface area contributed by atoms with E-state index in [1.165, 1.54) is 23.9 Å². The first-order valence-electron chi connectivity index (χ1n) is 8.01. The van der Waals surface area contributed by atoms with Crippen molar-refractivity contribution in [1.82, 2.24) is 10.3 Å². The lowest BCUT2D eigenvalue weighted by atomic mass is 9.96. The number of nitrogens with one attached hydrogen (secondary N) is 1. The molecule has 2 atom stereocenters. The molecule has 1 fully saturated rings. The number of rotatable bonds is 6. The molecule has 0 radical (unpaired) electrons. The standard InChI is InChI=1S/C18H24N2O/c1-2-19-17(11-14-9-10-21-13-14)12-16-8-7-15-5-3-4-6-18(15)20-16/h3-8,14,17,19H,2,9-13H2,1H3. The lowest BCUT2D eigenvalue weighted by Gasteiger charge is -2.20. The molecule has 3 rings (SSSR count). The molecule has 2 heterocycles. The third-order valence-corrected chi connectivity index (χ3v) is 4.25. The van der Waals surface area contributed by atoms with Crippen LogP contribution in [0.15, 0.2) is 36.4 Å². The predicted octanol–water partition coefficient (Wildman–Crippen LogP) is 3.18. The summed E-state index contributed by atoms with van der Waals surface area (Å²) in [6, 6.07) is 13.2. The maximum atomic E-state index is 5.50. The van der Waals surface area contributed by atoms with Crippen molar-refractivity contribution >= 4 is 10.9 Å². The summed E-state index contributed by atoms with van der Waals surface area (Å²) >= 11 is 0. The van der Waals surface area contributed by atoms with Crippen molar-refractivity contribution in [2.45, 2.75) is 32.2 Å². The van der Waals surface area contributed by atoms with E-state index in [-0.39, 0.29) is 0 Å². The summed E-state index contributed by atoms with van der Waals surface area (Å²) in [5, 5.41) is 4.82. The Morgan fingerprint density at radius 1 is 1.29 bits per heavy atom. The van der Waals surface area contributed by atoms with Crippen molar-refractivity contribution in [3.63, 3.8) is 0 Å². The fourth-order valence-corrected chi connectivity index (χ4v) is 3.17. The number of likely N-dealkylation sites (N-methyl/N-ethyl adjacent to an activating group) is 1. The highest BCUT2D eigenvalue weighted by molar-refractivity contribution is 5.78. The average molecular weight is 284 g/mol. The first-order valence-corrected chi connectivity index (χ1v) is 8.01. The van der Waals surface area contributed by atoms with Crippen molar-refractivity contribution in [2.75, 3.05) is 19.8 Å². The number of aromatic nitrogens is 1. The van der Waals surface area contributed by atoms with Gasteiger partial charge in [-0.15, -0.1) is 0 Å². The Hall–Kier alpha value is -1.45. The van der Waals surface area contributed by atoms with E-state index in [2.05, 4.69) is 48.6 Å². The molecule has 3 nitrogen and oxygen atoms in total. The molecule has 1 N–H and O–H groups in total. The molecular formula is C18H24N2O. The first-order chi connectivity index (χ1) is 10.3. The summed E-state index contributed by atoms with van der Waals surface area (Å²) in [5.41, 5.74) is 2.27. The van der Waals surface area contributed by atoms with E-state index in [1.54, 1.807) is 0 Å². The van der Waals surface area contributed by atoms with Gasteiger partial charge in [0.15, 0.2) is 0 Å². The number of hydrogen-bond acceptors (Lipinski definition) is 3. The van der Waals surface area contributed by atoms with Crippen LogP contribution in [0.25, 0.3) is 10.9 Å². The Kier molecular flexibility index (Phi) is 4.84. The van der Waals surface area contributed by atoms with Crippen molar-refractivity contribution in [1.29, 1.82) is 0 Å².